The number of aromatic nitrogens is 1. The van der Waals surface area contributed by atoms with Gasteiger partial charge >= 0.3 is 5.97 Å². The van der Waals surface area contributed by atoms with Crippen molar-refractivity contribution in [2.24, 2.45) is 5.92 Å². The van der Waals surface area contributed by atoms with Crippen LogP contribution in [0.25, 0.3) is 0 Å². The van der Waals surface area contributed by atoms with E-state index in [1.165, 1.54) is 22.8 Å². The molecule has 0 saturated carbocycles. The van der Waals surface area contributed by atoms with Gasteiger partial charge in [-0.15, -0.1) is 0 Å². The van der Waals surface area contributed by atoms with Crippen LogP contribution in [0.4, 0.5) is 0 Å². The van der Waals surface area contributed by atoms with Crippen molar-refractivity contribution >= 4 is 16.0 Å². The monoisotopic (exact) mass is 284 g/mol. The van der Waals surface area contributed by atoms with Gasteiger partial charge in [0.15, 0.2) is 0 Å². The fourth-order valence-corrected chi connectivity index (χ4v) is 4.09. The number of pyridine rings is 1. The second-order valence-corrected chi connectivity index (χ2v) is 6.52. The van der Waals surface area contributed by atoms with Crippen LogP contribution in [0.3, 0.4) is 0 Å². The van der Waals surface area contributed by atoms with Gasteiger partial charge in [0.25, 0.3) is 0 Å². The number of carboxylic acids is 1. The zero-order valence-electron chi connectivity index (χ0n) is 10.6. The van der Waals surface area contributed by atoms with Crippen molar-refractivity contribution in [1.82, 2.24) is 9.29 Å². The zero-order valence-corrected chi connectivity index (χ0v) is 11.4. The van der Waals surface area contributed by atoms with Crippen molar-refractivity contribution < 1.29 is 18.3 Å². The van der Waals surface area contributed by atoms with Gasteiger partial charge in [-0.3, -0.25) is 9.78 Å². The maximum absolute atomic E-state index is 12.5. The molecule has 0 aliphatic carbocycles. The quantitative estimate of drug-likeness (QED) is 0.893. The lowest BCUT2D eigenvalue weighted by molar-refractivity contribution is -0.144. The van der Waals surface area contributed by atoms with E-state index in [9.17, 15) is 13.2 Å². The van der Waals surface area contributed by atoms with Crippen molar-refractivity contribution in [1.29, 1.82) is 0 Å². The first-order valence-electron chi connectivity index (χ1n) is 6.09. The number of sulfonamides is 1. The van der Waals surface area contributed by atoms with Crippen LogP contribution in [0.1, 0.15) is 19.8 Å². The normalized spacial score (nSPS) is 25.1. The SMILES string of the molecule is C[C@@H]1[C@H](C(=O)O)CCCN1S(=O)(=O)c1cccnc1. The Kier molecular flexibility index (Phi) is 3.86. The Morgan fingerprint density at radius 3 is 2.84 bits per heavy atom. The molecule has 1 aliphatic rings. The summed E-state index contributed by atoms with van der Waals surface area (Å²) in [7, 11) is -3.67. The van der Waals surface area contributed by atoms with Gasteiger partial charge in [0.05, 0.1) is 5.92 Å². The standard InChI is InChI=1S/C12H16N2O4S/c1-9-11(12(15)16)5-3-7-14(9)19(17,18)10-4-2-6-13-8-10/h2,4,6,8-9,11H,3,5,7H2,1H3,(H,15,16)/t9-,11-/m1/s1. The highest BCUT2D eigenvalue weighted by Gasteiger charge is 2.39. The Morgan fingerprint density at radius 1 is 1.53 bits per heavy atom. The van der Waals surface area contributed by atoms with Crippen LogP contribution in [0.2, 0.25) is 0 Å². The third-order valence-corrected chi connectivity index (χ3v) is 5.46. The number of rotatable bonds is 3. The third kappa shape index (κ3) is 2.62. The Balaban J connectivity index is 2.33. The summed E-state index contributed by atoms with van der Waals surface area (Å²) in [4.78, 5) is 15.0. The van der Waals surface area contributed by atoms with Gasteiger partial charge in [-0.05, 0) is 31.9 Å². The van der Waals surface area contributed by atoms with E-state index in [0.29, 0.717) is 19.4 Å². The predicted octanol–water partition coefficient (Wildman–Crippen LogP) is 0.955. The number of nitrogens with zero attached hydrogens (tertiary/aromatic N) is 2. The van der Waals surface area contributed by atoms with E-state index in [-0.39, 0.29) is 4.90 Å². The summed E-state index contributed by atoms with van der Waals surface area (Å²) >= 11 is 0. The van der Waals surface area contributed by atoms with E-state index in [4.69, 9.17) is 5.11 Å². The molecule has 2 atom stereocenters. The van der Waals surface area contributed by atoms with Crippen molar-refractivity contribution in [3.63, 3.8) is 0 Å². The van der Waals surface area contributed by atoms with E-state index in [1.807, 2.05) is 0 Å². The number of piperidine rings is 1. The molecule has 1 fully saturated rings. The maximum atomic E-state index is 12.5. The van der Waals surface area contributed by atoms with Gasteiger partial charge in [0.2, 0.25) is 10.0 Å². The number of hydrogen-bond donors (Lipinski definition) is 1. The van der Waals surface area contributed by atoms with Crippen LogP contribution in [0.5, 0.6) is 0 Å². The van der Waals surface area contributed by atoms with E-state index in [0.717, 1.165) is 0 Å². The van der Waals surface area contributed by atoms with Crippen molar-refractivity contribution in [3.8, 4) is 0 Å². The molecule has 6 nitrogen and oxygen atoms in total. The molecule has 1 N–H and O–H groups in total. The molecule has 104 valence electrons. The average Bonchev–Trinajstić information content (AvgIpc) is 2.39. The molecule has 1 saturated heterocycles. The molecule has 0 spiro atoms. The van der Waals surface area contributed by atoms with Crippen LogP contribution >= 0.6 is 0 Å². The van der Waals surface area contributed by atoms with E-state index in [2.05, 4.69) is 4.98 Å². The fraction of sp³-hybridized carbons (Fsp3) is 0.500. The second-order valence-electron chi connectivity index (χ2n) is 4.63. The molecule has 1 aliphatic heterocycles. The molecule has 0 radical (unpaired) electrons. The molecule has 1 aromatic heterocycles. The topological polar surface area (TPSA) is 87.6 Å². The molecule has 19 heavy (non-hydrogen) atoms. The Labute approximate surface area is 112 Å². The Hall–Kier alpha value is -1.47. The Bertz CT molecular complexity index is 558. The highest BCUT2D eigenvalue weighted by molar-refractivity contribution is 7.89. The van der Waals surface area contributed by atoms with Crippen LogP contribution in [0.15, 0.2) is 29.4 Å². The second kappa shape index (κ2) is 5.26. The molecule has 0 aromatic carbocycles. The fourth-order valence-electron chi connectivity index (χ4n) is 2.42. The van der Waals surface area contributed by atoms with E-state index in [1.54, 1.807) is 13.0 Å². The maximum Gasteiger partial charge on any atom is 0.308 e. The van der Waals surface area contributed by atoms with Crippen molar-refractivity contribution in [2.45, 2.75) is 30.7 Å². The molecule has 0 bridgehead atoms. The van der Waals surface area contributed by atoms with E-state index < -0.39 is 28.0 Å². The third-order valence-electron chi connectivity index (χ3n) is 3.49. The lowest BCUT2D eigenvalue weighted by Gasteiger charge is -2.36. The number of hydrogen-bond acceptors (Lipinski definition) is 4. The van der Waals surface area contributed by atoms with Gasteiger partial charge in [0.1, 0.15) is 4.90 Å². The molecular weight excluding hydrogens is 268 g/mol. The minimum atomic E-state index is -3.67. The summed E-state index contributed by atoms with van der Waals surface area (Å²) in [6.07, 6.45) is 3.85. The van der Waals surface area contributed by atoms with Gasteiger partial charge in [-0.1, -0.05) is 0 Å². The molecule has 0 amide bonds. The first-order chi connectivity index (χ1) is 8.94. The smallest absolute Gasteiger partial charge is 0.308 e. The molecule has 2 heterocycles. The minimum Gasteiger partial charge on any atom is -0.481 e. The summed E-state index contributed by atoms with van der Waals surface area (Å²) in [5, 5.41) is 9.13. The van der Waals surface area contributed by atoms with Crippen molar-refractivity contribution in [3.05, 3.63) is 24.5 Å². The Morgan fingerprint density at radius 2 is 2.26 bits per heavy atom. The first kappa shape index (κ1) is 14.0. The van der Waals surface area contributed by atoms with Crippen LogP contribution in [0, 0.1) is 5.92 Å². The van der Waals surface area contributed by atoms with Crippen LogP contribution in [-0.2, 0) is 14.8 Å². The average molecular weight is 284 g/mol. The number of carbonyl (C=O) groups is 1. The van der Waals surface area contributed by atoms with Crippen LogP contribution in [-0.4, -0.2) is 41.4 Å². The van der Waals surface area contributed by atoms with Gasteiger partial charge in [-0.25, -0.2) is 8.42 Å². The predicted molar refractivity (Wildman–Crippen MR) is 68.0 cm³/mol. The summed E-state index contributed by atoms with van der Waals surface area (Å²) in [5.41, 5.74) is 0. The largest absolute Gasteiger partial charge is 0.481 e. The summed E-state index contributed by atoms with van der Waals surface area (Å²) in [6.45, 7) is 1.99. The molecule has 0 unspecified atom stereocenters. The molecule has 2 rings (SSSR count). The summed E-state index contributed by atoms with van der Waals surface area (Å²) < 4.78 is 26.2. The van der Waals surface area contributed by atoms with E-state index >= 15 is 0 Å². The minimum absolute atomic E-state index is 0.105. The lowest BCUT2D eigenvalue weighted by Crippen LogP contribution is -2.48. The summed E-state index contributed by atoms with van der Waals surface area (Å²) in [6, 6.07) is 2.48. The van der Waals surface area contributed by atoms with Gasteiger partial charge < -0.3 is 5.11 Å². The van der Waals surface area contributed by atoms with Gasteiger partial charge in [-0.2, -0.15) is 4.31 Å². The highest BCUT2D eigenvalue weighted by atomic mass is 32.2. The molecular formula is C12H16N2O4S. The lowest BCUT2D eigenvalue weighted by atomic mass is 9.92. The molecule has 7 heteroatoms. The van der Waals surface area contributed by atoms with Crippen LogP contribution < -0.4 is 0 Å². The highest BCUT2D eigenvalue weighted by Crippen LogP contribution is 2.28. The summed E-state index contributed by atoms with van der Waals surface area (Å²) in [5.74, 6) is -1.60. The van der Waals surface area contributed by atoms with Gasteiger partial charge in [0, 0.05) is 25.0 Å². The number of aliphatic carboxylic acids is 1. The first-order valence-corrected chi connectivity index (χ1v) is 7.53. The zero-order chi connectivity index (χ0) is 14.0. The number of carboxylic acid groups (broad SMARTS) is 1. The molecule has 1 aromatic rings. The van der Waals surface area contributed by atoms with Crippen molar-refractivity contribution in [2.75, 3.05) is 6.54 Å².